The van der Waals surface area contributed by atoms with Gasteiger partial charge in [0.05, 0.1) is 11.1 Å². The summed E-state index contributed by atoms with van der Waals surface area (Å²) in [4.78, 5) is 46.3. The normalized spacial score (nSPS) is 19.6. The average molecular weight is 669 g/mol. The standard InChI is InChI=1S/C37H41FN6O5/c1-37(2,3)49-36(47)43-13-6-10-22-14-23(16-27(22)43)30-26(38)18-24-31-33(30)48-29-17-21-9-5-4-8-20(21)15-28(29)44(31)19-25(32(24)45)34(46)41-11-7-12-42-35(39)40/h4-5,8-9,15,17-19,22-23,27H,6-7,10-14,16H2,1-3H3,(H,41,46)(H4,39,40,42). The van der Waals surface area contributed by atoms with Crippen LogP contribution in [-0.4, -0.2) is 58.7 Å². The van der Waals surface area contributed by atoms with Crippen LogP contribution in [0.1, 0.15) is 74.7 Å². The van der Waals surface area contributed by atoms with Crippen LogP contribution in [0.15, 0.2) is 58.4 Å². The Balaban J connectivity index is 1.32. The number of carbonyl (C=O) groups is 2. The minimum Gasteiger partial charge on any atom is -0.452 e. The fraction of sp³-hybridized carbons (Fsp3) is 0.405. The number of aliphatic imine (C=N–C) groups is 1. The molecule has 3 unspecified atom stereocenters. The van der Waals surface area contributed by atoms with Crippen molar-refractivity contribution in [1.29, 1.82) is 0 Å². The van der Waals surface area contributed by atoms with Crippen molar-refractivity contribution in [3.63, 3.8) is 0 Å². The van der Waals surface area contributed by atoms with E-state index in [1.165, 1.54) is 12.3 Å². The van der Waals surface area contributed by atoms with E-state index >= 15 is 4.39 Å². The molecule has 3 atom stereocenters. The molecule has 5 N–H and O–H groups in total. The zero-order valence-electron chi connectivity index (χ0n) is 27.9. The van der Waals surface area contributed by atoms with Crippen molar-refractivity contribution >= 4 is 39.6 Å². The van der Waals surface area contributed by atoms with Crippen molar-refractivity contribution in [2.24, 2.45) is 22.4 Å². The average Bonchev–Trinajstić information content (AvgIpc) is 3.47. The molecular weight excluding hydrogens is 627 g/mol. The molecule has 3 aromatic carbocycles. The molecule has 0 bridgehead atoms. The number of carbonyl (C=O) groups excluding carboxylic acids is 2. The highest BCUT2D eigenvalue weighted by Crippen LogP contribution is 2.52. The number of likely N-dealkylation sites (tertiary alicyclic amines) is 1. The maximum Gasteiger partial charge on any atom is 0.410 e. The second kappa shape index (κ2) is 12.4. The van der Waals surface area contributed by atoms with Gasteiger partial charge < -0.3 is 35.7 Å². The van der Waals surface area contributed by atoms with E-state index in [1.54, 1.807) is 4.57 Å². The summed E-state index contributed by atoms with van der Waals surface area (Å²) in [6, 6.07) is 12.8. The van der Waals surface area contributed by atoms with Crippen molar-refractivity contribution in [3.8, 4) is 17.2 Å². The largest absolute Gasteiger partial charge is 0.452 e. The SMILES string of the molecule is CC(C)(C)OC(=O)N1CCCC2CC(c3c(F)cc4c(=O)c(C(=O)NCCCN=C(N)N)cn5c4c3Oc3cc4ccccc4cc3-5)CC21. The Morgan fingerprint density at radius 1 is 1.12 bits per heavy atom. The summed E-state index contributed by atoms with van der Waals surface area (Å²) in [5.74, 6) is -0.533. The van der Waals surface area contributed by atoms with Crippen LogP contribution >= 0.6 is 0 Å². The number of nitrogens with zero attached hydrogens (tertiary/aromatic N) is 3. The predicted octanol–water partition coefficient (Wildman–Crippen LogP) is 5.68. The van der Waals surface area contributed by atoms with Gasteiger partial charge in [0.1, 0.15) is 22.5 Å². The Morgan fingerprint density at radius 3 is 2.61 bits per heavy atom. The number of pyridine rings is 1. The quantitative estimate of drug-likeness (QED) is 0.120. The van der Waals surface area contributed by atoms with Crippen LogP contribution in [0.5, 0.6) is 11.5 Å². The molecule has 0 spiro atoms. The molecule has 4 aromatic rings. The summed E-state index contributed by atoms with van der Waals surface area (Å²) in [6.45, 7) is 6.69. The van der Waals surface area contributed by atoms with E-state index in [-0.39, 0.29) is 53.2 Å². The van der Waals surface area contributed by atoms with Crippen LogP contribution in [0.3, 0.4) is 0 Å². The third-order valence-electron chi connectivity index (χ3n) is 9.76. The first-order valence-electron chi connectivity index (χ1n) is 16.9. The molecule has 2 fully saturated rings. The lowest BCUT2D eigenvalue weighted by Gasteiger charge is -2.38. The summed E-state index contributed by atoms with van der Waals surface area (Å²) < 4.78 is 30.7. The molecule has 12 heteroatoms. The van der Waals surface area contributed by atoms with E-state index in [1.807, 2.05) is 62.1 Å². The number of piperidine rings is 1. The van der Waals surface area contributed by atoms with Gasteiger partial charge in [-0.3, -0.25) is 14.6 Å². The minimum absolute atomic E-state index is 0.0412. The van der Waals surface area contributed by atoms with Gasteiger partial charge in [-0.05, 0) is 93.7 Å². The number of nitrogens with two attached hydrogens (primary N) is 2. The Kier molecular flexibility index (Phi) is 8.20. The fourth-order valence-corrected chi connectivity index (χ4v) is 7.72. The van der Waals surface area contributed by atoms with Crippen LogP contribution in [-0.2, 0) is 4.74 Å². The highest BCUT2D eigenvalue weighted by Gasteiger charge is 2.45. The van der Waals surface area contributed by atoms with Crippen LogP contribution in [0.4, 0.5) is 9.18 Å². The van der Waals surface area contributed by atoms with E-state index in [4.69, 9.17) is 20.9 Å². The summed E-state index contributed by atoms with van der Waals surface area (Å²) in [5.41, 5.74) is 10.9. The third-order valence-corrected chi connectivity index (χ3v) is 9.76. The van der Waals surface area contributed by atoms with Gasteiger partial charge >= 0.3 is 6.09 Å². The Labute approximate surface area is 283 Å². The molecule has 7 rings (SSSR count). The van der Waals surface area contributed by atoms with E-state index < -0.39 is 22.8 Å². The number of guanidine groups is 1. The first-order valence-corrected chi connectivity index (χ1v) is 16.9. The number of benzene rings is 3. The van der Waals surface area contributed by atoms with Crippen LogP contribution in [0, 0.1) is 11.7 Å². The topological polar surface area (TPSA) is 154 Å². The third kappa shape index (κ3) is 6.04. The number of halogens is 1. The molecule has 1 saturated heterocycles. The molecular formula is C37H41FN6O5. The number of amides is 2. The monoisotopic (exact) mass is 668 g/mol. The van der Waals surface area contributed by atoms with Crippen LogP contribution in [0.25, 0.3) is 27.4 Å². The highest BCUT2D eigenvalue weighted by atomic mass is 19.1. The Hall–Kier alpha value is -5.13. The number of rotatable bonds is 6. The summed E-state index contributed by atoms with van der Waals surface area (Å²) >= 11 is 0. The van der Waals surface area contributed by atoms with Gasteiger partial charge in [-0.25, -0.2) is 9.18 Å². The van der Waals surface area contributed by atoms with Crippen molar-refractivity contribution in [1.82, 2.24) is 14.8 Å². The smallest absolute Gasteiger partial charge is 0.410 e. The molecule has 3 aliphatic rings. The van der Waals surface area contributed by atoms with E-state index in [0.29, 0.717) is 54.9 Å². The van der Waals surface area contributed by atoms with Gasteiger partial charge in [0.25, 0.3) is 5.91 Å². The Morgan fingerprint density at radius 2 is 1.88 bits per heavy atom. The second-order valence-corrected chi connectivity index (χ2v) is 14.2. The van der Waals surface area contributed by atoms with Crippen LogP contribution in [0.2, 0.25) is 0 Å². The number of hydrogen-bond acceptors (Lipinski definition) is 6. The summed E-state index contributed by atoms with van der Waals surface area (Å²) in [7, 11) is 0. The van der Waals surface area contributed by atoms with Crippen molar-refractivity contribution in [2.75, 3.05) is 19.6 Å². The van der Waals surface area contributed by atoms with Gasteiger partial charge in [0, 0.05) is 37.4 Å². The number of ether oxygens (including phenoxy) is 2. The lowest BCUT2D eigenvalue weighted by Crippen LogP contribution is -2.48. The van der Waals surface area contributed by atoms with Crippen molar-refractivity contribution in [3.05, 3.63) is 75.8 Å². The van der Waals surface area contributed by atoms with Gasteiger partial charge in [0.2, 0.25) is 5.43 Å². The predicted molar refractivity (Wildman–Crippen MR) is 186 cm³/mol. The first-order chi connectivity index (χ1) is 23.4. The lowest BCUT2D eigenvalue weighted by molar-refractivity contribution is 0.00427. The first kappa shape index (κ1) is 32.4. The maximum atomic E-state index is 16.6. The van der Waals surface area contributed by atoms with Gasteiger partial charge in [-0.15, -0.1) is 0 Å². The highest BCUT2D eigenvalue weighted by molar-refractivity contribution is 6.00. The van der Waals surface area contributed by atoms with Gasteiger partial charge in [0.15, 0.2) is 17.5 Å². The number of aromatic nitrogens is 1. The van der Waals surface area contributed by atoms with Gasteiger partial charge in [-0.1, -0.05) is 24.3 Å². The molecule has 49 heavy (non-hydrogen) atoms. The molecule has 3 heterocycles. The number of hydrogen-bond donors (Lipinski definition) is 3. The molecule has 1 aliphatic carbocycles. The summed E-state index contributed by atoms with van der Waals surface area (Å²) in [6.07, 6.45) is 4.61. The molecule has 1 saturated carbocycles. The maximum absolute atomic E-state index is 16.6. The Bertz CT molecular complexity index is 2080. The lowest BCUT2D eigenvalue weighted by atomic mass is 9.90. The summed E-state index contributed by atoms with van der Waals surface area (Å²) in [5, 5.41) is 4.69. The zero-order chi connectivity index (χ0) is 34.6. The van der Waals surface area contributed by atoms with E-state index in [0.717, 1.165) is 23.6 Å². The molecule has 256 valence electrons. The van der Waals surface area contributed by atoms with Crippen molar-refractivity contribution < 1.29 is 23.5 Å². The van der Waals surface area contributed by atoms with Crippen LogP contribution < -0.4 is 26.9 Å². The second-order valence-electron chi connectivity index (χ2n) is 14.2. The molecule has 2 aliphatic heterocycles. The minimum atomic E-state index is -0.630. The molecule has 11 nitrogen and oxygen atoms in total. The zero-order valence-corrected chi connectivity index (χ0v) is 27.9. The van der Waals surface area contributed by atoms with E-state index in [9.17, 15) is 14.4 Å². The molecule has 1 aromatic heterocycles. The van der Waals surface area contributed by atoms with Crippen molar-refractivity contribution in [2.45, 2.75) is 70.4 Å². The van der Waals surface area contributed by atoms with E-state index in [2.05, 4.69) is 10.3 Å². The number of fused-ring (bicyclic) bond motifs is 4. The molecule has 0 radical (unpaired) electrons. The van der Waals surface area contributed by atoms with Gasteiger partial charge in [-0.2, -0.15) is 0 Å². The molecule has 2 amide bonds. The number of nitrogens with one attached hydrogen (secondary N) is 1. The fourth-order valence-electron chi connectivity index (χ4n) is 7.72.